The molecule has 0 atom stereocenters. The number of benzene rings is 1. The zero-order chi connectivity index (χ0) is 20.9. The minimum atomic E-state index is -4.97. The Hall–Kier alpha value is -1.81. The van der Waals surface area contributed by atoms with Crippen LogP contribution in [-0.2, 0) is 14.6 Å². The summed E-state index contributed by atoms with van der Waals surface area (Å²) in [5, 5.41) is 1.85. The van der Waals surface area contributed by atoms with E-state index in [9.17, 15) is 26.4 Å². The summed E-state index contributed by atoms with van der Waals surface area (Å²) in [5.41, 5.74) is 0.912. The minimum absolute atomic E-state index is 0.0153. The normalized spacial score (nSPS) is 16.8. The molecule has 6 nitrogen and oxygen atoms in total. The van der Waals surface area contributed by atoms with E-state index in [0.717, 1.165) is 31.5 Å². The van der Waals surface area contributed by atoms with Crippen molar-refractivity contribution in [2.24, 2.45) is 0 Å². The van der Waals surface area contributed by atoms with Gasteiger partial charge in [0.15, 0.2) is 0 Å². The first-order valence-corrected chi connectivity index (χ1v) is 11.1. The Kier molecular flexibility index (Phi) is 7.33. The van der Waals surface area contributed by atoms with E-state index in [-0.39, 0.29) is 29.7 Å². The standard InChI is InChI=1S/C18H25F3N2O4S/c1-3-27-16-12-14(4-5-15(16)22-17(24)18(19,20)21)13-6-8-23(9-7-13)10-11-28(2,25)26/h4-5,12-13H,3,6-11H2,1-2H3,(H,22,24). The molecule has 1 fully saturated rings. The maximum Gasteiger partial charge on any atom is 0.471 e. The zero-order valence-electron chi connectivity index (χ0n) is 15.9. The summed E-state index contributed by atoms with van der Waals surface area (Å²) in [6, 6.07) is 4.80. The number of carbonyl (C=O) groups excluding carboxylic acids is 1. The van der Waals surface area contributed by atoms with Gasteiger partial charge in [0.1, 0.15) is 15.6 Å². The van der Waals surface area contributed by atoms with Crippen molar-refractivity contribution in [3.8, 4) is 5.75 Å². The molecular formula is C18H25F3N2O4S. The Morgan fingerprint density at radius 3 is 2.46 bits per heavy atom. The van der Waals surface area contributed by atoms with Gasteiger partial charge in [0, 0.05) is 12.8 Å². The van der Waals surface area contributed by atoms with Gasteiger partial charge in [-0.2, -0.15) is 13.2 Å². The fourth-order valence-corrected chi connectivity index (χ4v) is 3.74. The molecule has 28 heavy (non-hydrogen) atoms. The van der Waals surface area contributed by atoms with Crippen LogP contribution in [0.25, 0.3) is 0 Å². The smallest absolute Gasteiger partial charge is 0.471 e. The van der Waals surface area contributed by atoms with Gasteiger partial charge in [-0.1, -0.05) is 6.07 Å². The number of halogens is 3. The van der Waals surface area contributed by atoms with E-state index in [0.29, 0.717) is 6.54 Å². The summed E-state index contributed by atoms with van der Waals surface area (Å²) in [5.74, 6) is -1.52. The third kappa shape index (κ3) is 6.66. The fourth-order valence-electron chi connectivity index (χ4n) is 3.15. The third-order valence-electron chi connectivity index (χ3n) is 4.65. The predicted molar refractivity (Wildman–Crippen MR) is 100 cm³/mol. The van der Waals surface area contributed by atoms with E-state index in [1.54, 1.807) is 19.1 Å². The Labute approximate surface area is 163 Å². The number of hydrogen-bond donors (Lipinski definition) is 1. The van der Waals surface area contributed by atoms with Crippen molar-refractivity contribution in [3.05, 3.63) is 23.8 Å². The van der Waals surface area contributed by atoms with Crippen LogP contribution in [0.4, 0.5) is 18.9 Å². The van der Waals surface area contributed by atoms with Crippen molar-refractivity contribution in [3.63, 3.8) is 0 Å². The molecule has 0 bridgehead atoms. The molecule has 1 heterocycles. The second-order valence-corrected chi connectivity index (χ2v) is 9.15. The number of hydrogen-bond acceptors (Lipinski definition) is 5. The molecule has 10 heteroatoms. The molecule has 1 aromatic rings. The van der Waals surface area contributed by atoms with Crippen molar-refractivity contribution >= 4 is 21.4 Å². The number of alkyl halides is 3. The van der Waals surface area contributed by atoms with Gasteiger partial charge < -0.3 is 15.0 Å². The molecule has 1 aliphatic rings. The van der Waals surface area contributed by atoms with Gasteiger partial charge in [-0.3, -0.25) is 4.79 Å². The van der Waals surface area contributed by atoms with Crippen molar-refractivity contribution in [1.29, 1.82) is 0 Å². The fraction of sp³-hybridized carbons (Fsp3) is 0.611. The van der Waals surface area contributed by atoms with E-state index < -0.39 is 21.9 Å². The molecule has 1 amide bonds. The number of amides is 1. The van der Waals surface area contributed by atoms with Crippen molar-refractivity contribution in [2.75, 3.05) is 43.6 Å². The highest BCUT2D eigenvalue weighted by atomic mass is 32.2. The summed E-state index contributed by atoms with van der Waals surface area (Å²) in [4.78, 5) is 13.3. The van der Waals surface area contributed by atoms with E-state index in [2.05, 4.69) is 4.90 Å². The molecule has 0 spiro atoms. The first kappa shape index (κ1) is 22.5. The molecule has 0 unspecified atom stereocenters. The molecule has 0 radical (unpaired) electrons. The zero-order valence-corrected chi connectivity index (χ0v) is 16.7. The van der Waals surface area contributed by atoms with Crippen LogP contribution in [-0.4, -0.2) is 63.7 Å². The summed E-state index contributed by atoms with van der Waals surface area (Å²) < 4.78 is 65.5. The van der Waals surface area contributed by atoms with Gasteiger partial charge in [0.2, 0.25) is 0 Å². The average molecular weight is 422 g/mol. The highest BCUT2D eigenvalue weighted by Gasteiger charge is 2.39. The van der Waals surface area contributed by atoms with Crippen LogP contribution in [0.15, 0.2) is 18.2 Å². The molecular weight excluding hydrogens is 397 g/mol. The van der Waals surface area contributed by atoms with Crippen molar-refractivity contribution in [2.45, 2.75) is 31.9 Å². The SMILES string of the molecule is CCOc1cc(C2CCN(CCS(C)(=O)=O)CC2)ccc1NC(=O)C(F)(F)F. The van der Waals surface area contributed by atoms with Crippen LogP contribution < -0.4 is 10.1 Å². The summed E-state index contributed by atoms with van der Waals surface area (Å²) in [6.07, 6.45) is -2.14. The second-order valence-electron chi connectivity index (χ2n) is 6.89. The van der Waals surface area contributed by atoms with Crippen LogP contribution >= 0.6 is 0 Å². The predicted octanol–water partition coefficient (Wildman–Crippen LogP) is 2.81. The molecule has 0 aromatic heterocycles. The highest BCUT2D eigenvalue weighted by Crippen LogP contribution is 2.34. The lowest BCUT2D eigenvalue weighted by atomic mass is 9.89. The molecule has 1 N–H and O–H groups in total. The van der Waals surface area contributed by atoms with Gasteiger partial charge in [-0.15, -0.1) is 0 Å². The number of ether oxygens (including phenoxy) is 1. The van der Waals surface area contributed by atoms with E-state index in [1.165, 1.54) is 12.3 Å². The van der Waals surface area contributed by atoms with Crippen LogP contribution in [0.5, 0.6) is 5.75 Å². The van der Waals surface area contributed by atoms with Crippen molar-refractivity contribution < 1.29 is 31.1 Å². The van der Waals surface area contributed by atoms with E-state index in [4.69, 9.17) is 4.74 Å². The second kappa shape index (κ2) is 9.13. The number of sulfone groups is 1. The molecule has 1 saturated heterocycles. The first-order chi connectivity index (χ1) is 13.0. The molecule has 1 aromatic carbocycles. The molecule has 0 saturated carbocycles. The number of likely N-dealkylation sites (tertiary alicyclic amines) is 1. The van der Waals surface area contributed by atoms with Gasteiger partial charge in [-0.05, 0) is 56.5 Å². The lowest BCUT2D eigenvalue weighted by molar-refractivity contribution is -0.167. The topological polar surface area (TPSA) is 75.7 Å². The summed E-state index contributed by atoms with van der Waals surface area (Å²) in [7, 11) is -3.00. The maximum absolute atomic E-state index is 12.5. The molecule has 1 aliphatic heterocycles. The number of anilines is 1. The van der Waals surface area contributed by atoms with Crippen molar-refractivity contribution in [1.82, 2.24) is 4.90 Å². The van der Waals surface area contributed by atoms with Crippen LogP contribution in [0.2, 0.25) is 0 Å². The lowest BCUT2D eigenvalue weighted by Crippen LogP contribution is -2.36. The van der Waals surface area contributed by atoms with Crippen LogP contribution in [0, 0.1) is 0 Å². The number of nitrogens with zero attached hydrogens (tertiary/aromatic N) is 1. The van der Waals surface area contributed by atoms with Gasteiger partial charge in [0.05, 0.1) is 18.0 Å². The highest BCUT2D eigenvalue weighted by molar-refractivity contribution is 7.90. The largest absolute Gasteiger partial charge is 0.492 e. The number of carbonyl (C=O) groups is 1. The Morgan fingerprint density at radius 1 is 1.29 bits per heavy atom. The van der Waals surface area contributed by atoms with Gasteiger partial charge >= 0.3 is 12.1 Å². The molecule has 0 aliphatic carbocycles. The minimum Gasteiger partial charge on any atom is -0.492 e. The van der Waals surface area contributed by atoms with Crippen LogP contribution in [0.3, 0.4) is 0 Å². The Balaban J connectivity index is 2.05. The quantitative estimate of drug-likeness (QED) is 0.731. The third-order valence-corrected chi connectivity index (χ3v) is 5.57. The first-order valence-electron chi connectivity index (χ1n) is 9.04. The van der Waals surface area contributed by atoms with Crippen LogP contribution in [0.1, 0.15) is 31.2 Å². The average Bonchev–Trinajstić information content (AvgIpc) is 2.60. The lowest BCUT2D eigenvalue weighted by Gasteiger charge is -2.32. The Bertz CT molecular complexity index is 789. The monoisotopic (exact) mass is 422 g/mol. The van der Waals surface area contributed by atoms with Gasteiger partial charge in [-0.25, -0.2) is 8.42 Å². The molecule has 158 valence electrons. The van der Waals surface area contributed by atoms with Gasteiger partial charge in [0.25, 0.3) is 0 Å². The number of nitrogens with one attached hydrogen (secondary N) is 1. The van der Waals surface area contributed by atoms with E-state index in [1.807, 2.05) is 5.32 Å². The molecule has 2 rings (SSSR count). The van der Waals surface area contributed by atoms with E-state index >= 15 is 0 Å². The summed E-state index contributed by atoms with van der Waals surface area (Å²) >= 11 is 0. The Morgan fingerprint density at radius 2 is 1.93 bits per heavy atom. The summed E-state index contributed by atoms with van der Waals surface area (Å²) in [6.45, 7) is 3.95. The maximum atomic E-state index is 12.5. The number of piperidine rings is 1. The number of rotatable bonds is 7.